The van der Waals surface area contributed by atoms with E-state index in [1.807, 2.05) is 30.3 Å². The van der Waals surface area contributed by atoms with Gasteiger partial charge < -0.3 is 19.7 Å². The lowest BCUT2D eigenvalue weighted by Crippen LogP contribution is -2.32. The van der Waals surface area contributed by atoms with E-state index in [1.54, 1.807) is 31.5 Å². The van der Waals surface area contributed by atoms with Crippen molar-refractivity contribution >= 4 is 11.8 Å². The molecule has 3 rings (SSSR count). The molecule has 1 unspecified atom stereocenters. The molecule has 7 heteroatoms. The summed E-state index contributed by atoms with van der Waals surface area (Å²) in [4.78, 5) is 30.4. The molecule has 1 aromatic carbocycles. The Labute approximate surface area is 158 Å². The number of pyridine rings is 1. The molecule has 2 amide bonds. The largest absolute Gasteiger partial charge is 0.493 e. The average molecular weight is 369 g/mol. The van der Waals surface area contributed by atoms with E-state index < -0.39 is 0 Å². The van der Waals surface area contributed by atoms with E-state index in [2.05, 4.69) is 10.3 Å². The maximum atomic E-state index is 12.4. The molecular weight excluding hydrogens is 346 g/mol. The Morgan fingerprint density at radius 3 is 2.59 bits per heavy atom. The smallest absolute Gasteiger partial charge is 0.225 e. The van der Waals surface area contributed by atoms with Crippen molar-refractivity contribution in [2.45, 2.75) is 19.5 Å². The van der Waals surface area contributed by atoms with Crippen LogP contribution in [0.1, 0.15) is 17.5 Å². The second-order valence-corrected chi connectivity index (χ2v) is 6.44. The summed E-state index contributed by atoms with van der Waals surface area (Å²) in [6.45, 7) is 1.28. The van der Waals surface area contributed by atoms with Crippen molar-refractivity contribution in [1.29, 1.82) is 0 Å². The quantitative estimate of drug-likeness (QED) is 0.804. The lowest BCUT2D eigenvalue weighted by atomic mass is 10.1. The van der Waals surface area contributed by atoms with Gasteiger partial charge in [-0.25, -0.2) is 0 Å². The standard InChI is InChI=1S/C20H23N3O4/c1-26-17-4-3-15(9-18(17)27-2)12-23-13-16(10-19(23)24)20(25)22-11-14-5-7-21-8-6-14/h3-9,16H,10-13H2,1-2H3,(H,22,25). The third-order valence-electron chi connectivity index (χ3n) is 4.62. The van der Waals surface area contributed by atoms with Crippen LogP contribution >= 0.6 is 0 Å². The van der Waals surface area contributed by atoms with E-state index in [4.69, 9.17) is 9.47 Å². The van der Waals surface area contributed by atoms with Crippen LogP contribution in [0.3, 0.4) is 0 Å². The van der Waals surface area contributed by atoms with E-state index in [1.165, 1.54) is 0 Å². The molecule has 1 aliphatic rings. The predicted molar refractivity (Wildman–Crippen MR) is 99.2 cm³/mol. The number of amides is 2. The maximum absolute atomic E-state index is 12.4. The highest BCUT2D eigenvalue weighted by Gasteiger charge is 2.34. The molecule has 142 valence electrons. The molecule has 0 aliphatic carbocycles. The van der Waals surface area contributed by atoms with Crippen LogP contribution in [0.15, 0.2) is 42.7 Å². The number of hydrogen-bond donors (Lipinski definition) is 1. The number of carbonyl (C=O) groups excluding carboxylic acids is 2. The van der Waals surface area contributed by atoms with Crippen LogP contribution in [0.5, 0.6) is 11.5 Å². The molecule has 0 radical (unpaired) electrons. The van der Waals surface area contributed by atoms with Gasteiger partial charge in [0.1, 0.15) is 0 Å². The molecule has 0 spiro atoms. The van der Waals surface area contributed by atoms with Gasteiger partial charge in [0.25, 0.3) is 0 Å². The van der Waals surface area contributed by atoms with Crippen LogP contribution in [-0.2, 0) is 22.7 Å². The molecule has 1 aromatic heterocycles. The number of benzene rings is 1. The number of rotatable bonds is 7. The van der Waals surface area contributed by atoms with Crippen molar-refractivity contribution in [3.05, 3.63) is 53.9 Å². The monoisotopic (exact) mass is 369 g/mol. The summed E-state index contributed by atoms with van der Waals surface area (Å²) in [7, 11) is 3.16. The Morgan fingerprint density at radius 1 is 1.15 bits per heavy atom. The molecule has 1 aliphatic heterocycles. The number of likely N-dealkylation sites (tertiary alicyclic amines) is 1. The van der Waals surface area contributed by atoms with Gasteiger partial charge in [-0.3, -0.25) is 14.6 Å². The summed E-state index contributed by atoms with van der Waals surface area (Å²) in [6.07, 6.45) is 3.60. The first-order valence-corrected chi connectivity index (χ1v) is 8.76. The molecule has 2 aromatic rings. The molecule has 0 bridgehead atoms. The van der Waals surface area contributed by atoms with E-state index in [0.29, 0.717) is 31.1 Å². The summed E-state index contributed by atoms with van der Waals surface area (Å²) >= 11 is 0. The second kappa shape index (κ2) is 8.53. The minimum atomic E-state index is -0.334. The lowest BCUT2D eigenvalue weighted by molar-refractivity contribution is -0.129. The van der Waals surface area contributed by atoms with Gasteiger partial charge in [0.15, 0.2) is 11.5 Å². The molecule has 1 atom stereocenters. The average Bonchev–Trinajstić information content (AvgIpc) is 3.07. The van der Waals surface area contributed by atoms with Crippen molar-refractivity contribution in [3.8, 4) is 11.5 Å². The Morgan fingerprint density at radius 2 is 1.89 bits per heavy atom. The van der Waals surface area contributed by atoms with Gasteiger partial charge in [0, 0.05) is 38.4 Å². The van der Waals surface area contributed by atoms with Gasteiger partial charge in [-0.15, -0.1) is 0 Å². The van der Waals surface area contributed by atoms with Gasteiger partial charge in [0.05, 0.1) is 20.1 Å². The molecular formula is C20H23N3O4. The third-order valence-corrected chi connectivity index (χ3v) is 4.62. The number of hydrogen-bond acceptors (Lipinski definition) is 5. The molecule has 7 nitrogen and oxygen atoms in total. The number of nitrogens with one attached hydrogen (secondary N) is 1. The zero-order valence-corrected chi connectivity index (χ0v) is 15.5. The summed E-state index contributed by atoms with van der Waals surface area (Å²) in [6, 6.07) is 9.26. The van der Waals surface area contributed by atoms with Crippen LogP contribution in [0, 0.1) is 5.92 Å². The van der Waals surface area contributed by atoms with E-state index in [0.717, 1.165) is 11.1 Å². The molecule has 1 fully saturated rings. The lowest BCUT2D eigenvalue weighted by Gasteiger charge is -2.18. The zero-order valence-electron chi connectivity index (χ0n) is 15.5. The fraction of sp³-hybridized carbons (Fsp3) is 0.350. The fourth-order valence-corrected chi connectivity index (χ4v) is 3.13. The summed E-state index contributed by atoms with van der Waals surface area (Å²) < 4.78 is 10.5. The zero-order chi connectivity index (χ0) is 19.2. The topological polar surface area (TPSA) is 80.8 Å². The van der Waals surface area contributed by atoms with E-state index in [9.17, 15) is 9.59 Å². The van der Waals surface area contributed by atoms with Crippen LogP contribution in [0.25, 0.3) is 0 Å². The second-order valence-electron chi connectivity index (χ2n) is 6.44. The van der Waals surface area contributed by atoms with Gasteiger partial charge in [0.2, 0.25) is 11.8 Å². The summed E-state index contributed by atoms with van der Waals surface area (Å²) in [5, 5.41) is 2.90. The predicted octanol–water partition coefficient (Wildman–Crippen LogP) is 1.76. The molecule has 0 saturated carbocycles. The van der Waals surface area contributed by atoms with Crippen molar-refractivity contribution < 1.29 is 19.1 Å². The van der Waals surface area contributed by atoms with Crippen LogP contribution in [0.2, 0.25) is 0 Å². The Kier molecular flexibility index (Phi) is 5.90. The fourth-order valence-electron chi connectivity index (χ4n) is 3.13. The van der Waals surface area contributed by atoms with Crippen molar-refractivity contribution in [2.24, 2.45) is 5.92 Å². The van der Waals surface area contributed by atoms with Gasteiger partial charge in [-0.05, 0) is 35.4 Å². The third kappa shape index (κ3) is 4.55. The summed E-state index contributed by atoms with van der Waals surface area (Å²) in [5.74, 6) is 0.805. The van der Waals surface area contributed by atoms with Gasteiger partial charge in [-0.2, -0.15) is 0 Å². The number of methoxy groups -OCH3 is 2. The molecule has 2 heterocycles. The van der Waals surface area contributed by atoms with E-state index in [-0.39, 0.29) is 24.2 Å². The highest BCUT2D eigenvalue weighted by Crippen LogP contribution is 2.29. The highest BCUT2D eigenvalue weighted by molar-refractivity contribution is 5.89. The normalized spacial score (nSPS) is 16.3. The van der Waals surface area contributed by atoms with Gasteiger partial charge >= 0.3 is 0 Å². The summed E-state index contributed by atoms with van der Waals surface area (Å²) in [5.41, 5.74) is 1.91. The number of nitrogens with zero attached hydrogens (tertiary/aromatic N) is 2. The van der Waals surface area contributed by atoms with Gasteiger partial charge in [-0.1, -0.05) is 6.07 Å². The number of ether oxygens (including phenoxy) is 2. The van der Waals surface area contributed by atoms with Crippen LogP contribution in [0.4, 0.5) is 0 Å². The Balaban J connectivity index is 1.58. The number of carbonyl (C=O) groups is 2. The molecule has 27 heavy (non-hydrogen) atoms. The molecule has 1 saturated heterocycles. The first-order chi connectivity index (χ1) is 13.1. The van der Waals surface area contributed by atoms with Crippen molar-refractivity contribution in [1.82, 2.24) is 15.2 Å². The molecule has 1 N–H and O–H groups in total. The SMILES string of the molecule is COc1ccc(CN2CC(C(=O)NCc3ccncc3)CC2=O)cc1OC. The maximum Gasteiger partial charge on any atom is 0.225 e. The van der Waals surface area contributed by atoms with E-state index >= 15 is 0 Å². The van der Waals surface area contributed by atoms with Crippen molar-refractivity contribution in [2.75, 3.05) is 20.8 Å². The Bertz CT molecular complexity index is 810. The van der Waals surface area contributed by atoms with Crippen LogP contribution in [-0.4, -0.2) is 42.5 Å². The number of aromatic nitrogens is 1. The minimum absolute atomic E-state index is 0.0196. The first-order valence-electron chi connectivity index (χ1n) is 8.76. The van der Waals surface area contributed by atoms with Crippen LogP contribution < -0.4 is 14.8 Å². The van der Waals surface area contributed by atoms with Crippen molar-refractivity contribution in [3.63, 3.8) is 0 Å². The first kappa shape index (κ1) is 18.7. The highest BCUT2D eigenvalue weighted by atomic mass is 16.5. The Hall–Kier alpha value is -3.09. The minimum Gasteiger partial charge on any atom is -0.493 e.